The summed E-state index contributed by atoms with van der Waals surface area (Å²) in [6.45, 7) is 6.67. The number of hydrogen-bond acceptors (Lipinski definition) is 2. The minimum absolute atomic E-state index is 0.192. The fourth-order valence-electron chi connectivity index (χ4n) is 1.75. The van der Waals surface area contributed by atoms with Crippen LogP contribution in [0.15, 0.2) is 56.7 Å². The predicted molar refractivity (Wildman–Crippen MR) is 87.8 cm³/mol. The highest BCUT2D eigenvalue weighted by Gasteiger charge is 2.13. The molecule has 0 saturated carbocycles. The van der Waals surface area contributed by atoms with Crippen molar-refractivity contribution in [3.8, 4) is 0 Å². The van der Waals surface area contributed by atoms with Crippen molar-refractivity contribution in [3.63, 3.8) is 0 Å². The van der Waals surface area contributed by atoms with Gasteiger partial charge in [-0.1, -0.05) is 60.6 Å². The SMILES string of the molecule is CC(C)(C)c1ccc(Sc2cc(Br)ccc2N)cc1. The van der Waals surface area contributed by atoms with Crippen molar-refractivity contribution in [3.05, 3.63) is 52.5 Å². The van der Waals surface area contributed by atoms with Gasteiger partial charge < -0.3 is 5.73 Å². The smallest absolute Gasteiger partial charge is 0.0456 e. The Hall–Kier alpha value is -0.930. The normalized spacial score (nSPS) is 11.6. The molecule has 0 spiro atoms. The molecule has 0 saturated heterocycles. The molecule has 2 aromatic carbocycles. The molecule has 2 aromatic rings. The van der Waals surface area contributed by atoms with E-state index in [1.165, 1.54) is 10.5 Å². The third-order valence-corrected chi connectivity index (χ3v) is 4.50. The van der Waals surface area contributed by atoms with Gasteiger partial charge in [0.05, 0.1) is 0 Å². The zero-order chi connectivity index (χ0) is 14.0. The lowest BCUT2D eigenvalue weighted by Crippen LogP contribution is -2.10. The van der Waals surface area contributed by atoms with Gasteiger partial charge in [-0.25, -0.2) is 0 Å². The molecule has 0 unspecified atom stereocenters. The number of hydrogen-bond donors (Lipinski definition) is 1. The molecule has 0 aliphatic rings. The molecular weight excluding hydrogens is 318 g/mol. The van der Waals surface area contributed by atoms with Gasteiger partial charge in [-0.15, -0.1) is 0 Å². The first-order valence-corrected chi connectivity index (χ1v) is 7.80. The minimum atomic E-state index is 0.192. The second-order valence-corrected chi connectivity index (χ2v) is 7.59. The molecule has 0 bridgehead atoms. The summed E-state index contributed by atoms with van der Waals surface area (Å²) >= 11 is 5.17. The Bertz CT molecular complexity index is 570. The standard InChI is InChI=1S/C16H18BrNS/c1-16(2,3)11-4-7-13(8-5-11)19-15-10-12(17)6-9-14(15)18/h4-10H,18H2,1-3H3. The Morgan fingerprint density at radius 2 is 1.63 bits per heavy atom. The second kappa shape index (κ2) is 5.59. The molecule has 0 heterocycles. The van der Waals surface area contributed by atoms with Crippen LogP contribution < -0.4 is 5.73 Å². The van der Waals surface area contributed by atoms with Crippen LogP contribution in [-0.2, 0) is 5.41 Å². The van der Waals surface area contributed by atoms with Gasteiger partial charge in [0.1, 0.15) is 0 Å². The lowest BCUT2D eigenvalue weighted by atomic mass is 9.87. The summed E-state index contributed by atoms with van der Waals surface area (Å²) in [5.74, 6) is 0. The van der Waals surface area contributed by atoms with E-state index in [2.05, 4.69) is 67.0 Å². The number of anilines is 1. The van der Waals surface area contributed by atoms with E-state index < -0.39 is 0 Å². The van der Waals surface area contributed by atoms with Gasteiger partial charge in [0.15, 0.2) is 0 Å². The van der Waals surface area contributed by atoms with Crippen LogP contribution in [0.3, 0.4) is 0 Å². The van der Waals surface area contributed by atoms with E-state index in [4.69, 9.17) is 5.73 Å². The molecular formula is C16H18BrNS. The van der Waals surface area contributed by atoms with Crippen molar-refractivity contribution in [2.24, 2.45) is 0 Å². The molecule has 2 rings (SSSR count). The van der Waals surface area contributed by atoms with E-state index in [0.29, 0.717) is 0 Å². The summed E-state index contributed by atoms with van der Waals surface area (Å²) in [5, 5.41) is 0. The average Bonchev–Trinajstić information content (AvgIpc) is 2.33. The molecule has 0 aliphatic carbocycles. The molecule has 0 aromatic heterocycles. The van der Waals surface area contributed by atoms with E-state index in [-0.39, 0.29) is 5.41 Å². The van der Waals surface area contributed by atoms with E-state index in [1.807, 2.05) is 12.1 Å². The van der Waals surface area contributed by atoms with E-state index >= 15 is 0 Å². The Kier molecular flexibility index (Phi) is 4.26. The van der Waals surface area contributed by atoms with Gasteiger partial charge in [0.2, 0.25) is 0 Å². The van der Waals surface area contributed by atoms with Crippen LogP contribution in [0.5, 0.6) is 0 Å². The molecule has 0 amide bonds. The van der Waals surface area contributed by atoms with Crippen molar-refractivity contribution in [2.45, 2.75) is 36.0 Å². The average molecular weight is 336 g/mol. The highest BCUT2D eigenvalue weighted by atomic mass is 79.9. The molecule has 1 nitrogen and oxygen atoms in total. The van der Waals surface area contributed by atoms with Crippen LogP contribution in [0.2, 0.25) is 0 Å². The molecule has 3 heteroatoms. The zero-order valence-electron chi connectivity index (χ0n) is 11.4. The maximum atomic E-state index is 5.99. The van der Waals surface area contributed by atoms with E-state index in [0.717, 1.165) is 15.1 Å². The van der Waals surface area contributed by atoms with Gasteiger partial charge in [0.25, 0.3) is 0 Å². The first-order valence-electron chi connectivity index (χ1n) is 6.20. The molecule has 0 atom stereocenters. The van der Waals surface area contributed by atoms with Crippen LogP contribution in [0.25, 0.3) is 0 Å². The largest absolute Gasteiger partial charge is 0.398 e. The summed E-state index contributed by atoms with van der Waals surface area (Å²) in [6.07, 6.45) is 0. The van der Waals surface area contributed by atoms with Crippen LogP contribution >= 0.6 is 27.7 Å². The molecule has 2 N–H and O–H groups in total. The third kappa shape index (κ3) is 3.77. The van der Waals surface area contributed by atoms with Crippen molar-refractivity contribution < 1.29 is 0 Å². The molecule has 19 heavy (non-hydrogen) atoms. The summed E-state index contributed by atoms with van der Waals surface area (Å²) in [6, 6.07) is 14.6. The third-order valence-electron chi connectivity index (χ3n) is 2.92. The number of nitrogen functional groups attached to an aromatic ring is 1. The van der Waals surface area contributed by atoms with Crippen molar-refractivity contribution in [1.29, 1.82) is 0 Å². The lowest BCUT2D eigenvalue weighted by molar-refractivity contribution is 0.590. The Morgan fingerprint density at radius 1 is 1.00 bits per heavy atom. The predicted octanol–water partition coefficient (Wildman–Crippen LogP) is 5.48. The van der Waals surface area contributed by atoms with Crippen LogP contribution in [0.1, 0.15) is 26.3 Å². The molecule has 100 valence electrons. The number of rotatable bonds is 2. The Balaban J connectivity index is 2.22. The monoisotopic (exact) mass is 335 g/mol. The minimum Gasteiger partial charge on any atom is -0.398 e. The zero-order valence-corrected chi connectivity index (χ0v) is 13.8. The second-order valence-electron chi connectivity index (χ2n) is 5.56. The summed E-state index contributed by atoms with van der Waals surface area (Å²) in [7, 11) is 0. The highest BCUT2D eigenvalue weighted by molar-refractivity contribution is 9.10. The molecule has 0 radical (unpaired) electrons. The van der Waals surface area contributed by atoms with Crippen LogP contribution in [0, 0.1) is 0 Å². The van der Waals surface area contributed by atoms with E-state index in [1.54, 1.807) is 11.8 Å². The van der Waals surface area contributed by atoms with Gasteiger partial charge in [-0.3, -0.25) is 0 Å². The summed E-state index contributed by atoms with van der Waals surface area (Å²) < 4.78 is 1.05. The summed E-state index contributed by atoms with van der Waals surface area (Å²) in [4.78, 5) is 2.29. The van der Waals surface area contributed by atoms with E-state index in [9.17, 15) is 0 Å². The number of benzene rings is 2. The van der Waals surface area contributed by atoms with Crippen molar-refractivity contribution >= 4 is 33.4 Å². The lowest BCUT2D eigenvalue weighted by Gasteiger charge is -2.19. The first kappa shape index (κ1) is 14.5. The molecule has 0 fully saturated rings. The molecule has 0 aliphatic heterocycles. The highest BCUT2D eigenvalue weighted by Crippen LogP contribution is 2.35. The van der Waals surface area contributed by atoms with Crippen LogP contribution in [0.4, 0.5) is 5.69 Å². The van der Waals surface area contributed by atoms with Gasteiger partial charge in [-0.2, -0.15) is 0 Å². The number of halogens is 1. The summed E-state index contributed by atoms with van der Waals surface area (Å²) in [5.41, 5.74) is 8.35. The number of nitrogens with two attached hydrogens (primary N) is 1. The Labute approximate surface area is 127 Å². The fraction of sp³-hybridized carbons (Fsp3) is 0.250. The van der Waals surface area contributed by atoms with Crippen molar-refractivity contribution in [1.82, 2.24) is 0 Å². The van der Waals surface area contributed by atoms with Gasteiger partial charge in [-0.05, 0) is 41.3 Å². The quantitative estimate of drug-likeness (QED) is 0.735. The van der Waals surface area contributed by atoms with Gasteiger partial charge in [0, 0.05) is 20.0 Å². The maximum Gasteiger partial charge on any atom is 0.0456 e. The maximum absolute atomic E-state index is 5.99. The first-order chi connectivity index (χ1) is 8.86. The van der Waals surface area contributed by atoms with Gasteiger partial charge >= 0.3 is 0 Å². The Morgan fingerprint density at radius 3 is 2.21 bits per heavy atom. The van der Waals surface area contributed by atoms with Crippen molar-refractivity contribution in [2.75, 3.05) is 5.73 Å². The topological polar surface area (TPSA) is 26.0 Å². The fourth-order valence-corrected chi connectivity index (χ4v) is 3.16. The van der Waals surface area contributed by atoms with Crippen LogP contribution in [-0.4, -0.2) is 0 Å².